The van der Waals surface area contributed by atoms with E-state index in [-0.39, 0.29) is 10.5 Å². The number of rotatable bonds is 2. The van der Waals surface area contributed by atoms with E-state index in [2.05, 4.69) is 4.98 Å². The summed E-state index contributed by atoms with van der Waals surface area (Å²) >= 11 is 0. The van der Waals surface area contributed by atoms with Crippen molar-refractivity contribution in [2.45, 2.75) is 43.8 Å². The molecule has 1 aromatic rings. The maximum Gasteiger partial charge on any atom is 0.516 e. The molecule has 0 radical (unpaired) electrons. The number of halogens is 1. The first-order chi connectivity index (χ1) is 8.94. The molecule has 2 heterocycles. The second-order valence-corrected chi connectivity index (χ2v) is 7.86. The number of nitrogens with zero attached hydrogens (tertiary/aromatic N) is 1. The third-order valence-electron chi connectivity index (χ3n) is 3.73. The van der Waals surface area contributed by atoms with Crippen molar-refractivity contribution in [1.82, 2.24) is 4.98 Å². The van der Waals surface area contributed by atoms with Gasteiger partial charge >= 0.3 is 7.12 Å². The fraction of sp³-hybridized carbons (Fsp3) is 0.583. The summed E-state index contributed by atoms with van der Waals surface area (Å²) in [6, 6.07) is 2.18. The van der Waals surface area contributed by atoms with Crippen LogP contribution < -0.4 is 5.59 Å². The van der Waals surface area contributed by atoms with Crippen molar-refractivity contribution in [3.8, 4) is 0 Å². The molecule has 0 spiro atoms. The average molecular weight is 301 g/mol. The topological polar surface area (TPSA) is 65.5 Å². The predicted octanol–water partition coefficient (Wildman–Crippen LogP) is 0.923. The molecule has 0 atom stereocenters. The monoisotopic (exact) mass is 301 g/mol. The molecular formula is C12H17BFNO4S. The van der Waals surface area contributed by atoms with E-state index in [1.165, 1.54) is 6.07 Å². The Morgan fingerprint density at radius 2 is 1.65 bits per heavy atom. The van der Waals surface area contributed by atoms with Crippen molar-refractivity contribution < 1.29 is 22.1 Å². The van der Waals surface area contributed by atoms with Gasteiger partial charge in [0.25, 0.3) is 0 Å². The number of pyridine rings is 1. The Hall–Kier alpha value is -0.985. The van der Waals surface area contributed by atoms with Crippen LogP contribution in [0.15, 0.2) is 17.0 Å². The molecule has 1 saturated heterocycles. The van der Waals surface area contributed by atoms with Gasteiger partial charge in [-0.25, -0.2) is 13.4 Å². The fourth-order valence-electron chi connectivity index (χ4n) is 1.87. The molecule has 0 aliphatic carbocycles. The molecule has 0 aromatic carbocycles. The van der Waals surface area contributed by atoms with Gasteiger partial charge in [0.1, 0.15) is 0 Å². The van der Waals surface area contributed by atoms with Crippen LogP contribution >= 0.6 is 0 Å². The molecule has 0 saturated carbocycles. The van der Waals surface area contributed by atoms with Crippen LogP contribution in [-0.4, -0.2) is 38.0 Å². The molecule has 0 amide bonds. The molecule has 1 aliphatic heterocycles. The summed E-state index contributed by atoms with van der Waals surface area (Å²) in [5.41, 5.74) is -1.35. The summed E-state index contributed by atoms with van der Waals surface area (Å²) < 4.78 is 48.3. The lowest BCUT2D eigenvalue weighted by atomic mass is 9.84. The second kappa shape index (κ2) is 4.51. The van der Waals surface area contributed by atoms with E-state index in [1.54, 1.807) is 0 Å². The normalized spacial score (nSPS) is 21.2. The van der Waals surface area contributed by atoms with Crippen molar-refractivity contribution in [2.75, 3.05) is 6.26 Å². The molecule has 20 heavy (non-hydrogen) atoms. The predicted molar refractivity (Wildman–Crippen MR) is 73.0 cm³/mol. The zero-order valence-electron chi connectivity index (χ0n) is 12.1. The van der Waals surface area contributed by atoms with Gasteiger partial charge in [0.2, 0.25) is 5.95 Å². The fourth-order valence-corrected chi connectivity index (χ4v) is 2.71. The van der Waals surface area contributed by atoms with Gasteiger partial charge in [-0.3, -0.25) is 0 Å². The van der Waals surface area contributed by atoms with Crippen LogP contribution in [0.4, 0.5) is 4.39 Å². The Bertz CT molecular complexity index is 629. The SMILES string of the molecule is CC1(C)OB(c2nc(F)ccc2S(C)(=O)=O)OC1(C)C. The molecular weight excluding hydrogens is 284 g/mol. The van der Waals surface area contributed by atoms with Crippen LogP contribution in [0.3, 0.4) is 0 Å². The smallest absolute Gasteiger partial charge is 0.398 e. The van der Waals surface area contributed by atoms with Crippen molar-refractivity contribution in [1.29, 1.82) is 0 Å². The Balaban J connectivity index is 2.53. The van der Waals surface area contributed by atoms with Gasteiger partial charge in [-0.05, 0) is 39.8 Å². The van der Waals surface area contributed by atoms with Crippen LogP contribution in [0.2, 0.25) is 0 Å². The van der Waals surface area contributed by atoms with E-state index in [4.69, 9.17) is 9.31 Å². The maximum absolute atomic E-state index is 13.4. The summed E-state index contributed by atoms with van der Waals surface area (Å²) in [6.07, 6.45) is 1.04. The molecule has 0 bridgehead atoms. The lowest BCUT2D eigenvalue weighted by molar-refractivity contribution is 0.00578. The largest absolute Gasteiger partial charge is 0.516 e. The van der Waals surface area contributed by atoms with E-state index in [9.17, 15) is 12.8 Å². The van der Waals surface area contributed by atoms with Gasteiger partial charge in [-0.15, -0.1) is 0 Å². The second-order valence-electron chi connectivity index (χ2n) is 5.88. The number of hydrogen-bond acceptors (Lipinski definition) is 5. The first-order valence-corrected chi connectivity index (χ1v) is 8.05. The highest BCUT2D eigenvalue weighted by atomic mass is 32.2. The minimum atomic E-state index is -3.55. The maximum atomic E-state index is 13.4. The first kappa shape index (κ1) is 15.4. The Kier molecular flexibility index (Phi) is 3.47. The first-order valence-electron chi connectivity index (χ1n) is 6.16. The van der Waals surface area contributed by atoms with Gasteiger partial charge in [0.15, 0.2) is 9.84 Å². The van der Waals surface area contributed by atoms with E-state index < -0.39 is 34.1 Å². The highest BCUT2D eigenvalue weighted by molar-refractivity contribution is 7.91. The van der Waals surface area contributed by atoms with E-state index in [0.29, 0.717) is 0 Å². The van der Waals surface area contributed by atoms with Crippen molar-refractivity contribution in [2.24, 2.45) is 0 Å². The van der Waals surface area contributed by atoms with E-state index in [1.807, 2.05) is 27.7 Å². The van der Waals surface area contributed by atoms with Crippen LogP contribution in [-0.2, 0) is 19.1 Å². The summed E-state index contributed by atoms with van der Waals surface area (Å²) in [6.45, 7) is 7.30. The lowest BCUT2D eigenvalue weighted by Gasteiger charge is -2.32. The molecule has 110 valence electrons. The molecule has 0 N–H and O–H groups in total. The molecule has 0 unspecified atom stereocenters. The van der Waals surface area contributed by atoms with E-state index >= 15 is 0 Å². The minimum absolute atomic E-state index is 0.0499. The molecule has 5 nitrogen and oxygen atoms in total. The highest BCUT2D eigenvalue weighted by Gasteiger charge is 2.53. The minimum Gasteiger partial charge on any atom is -0.398 e. The van der Waals surface area contributed by atoms with E-state index in [0.717, 1.165) is 12.3 Å². The molecule has 1 fully saturated rings. The van der Waals surface area contributed by atoms with Gasteiger partial charge < -0.3 is 9.31 Å². The quantitative estimate of drug-likeness (QED) is 0.600. The zero-order chi connectivity index (χ0) is 15.3. The molecule has 2 rings (SSSR count). The number of sulfone groups is 1. The standard InChI is InChI=1S/C12H17BFNO4S/c1-11(2)12(3,4)19-13(18-11)10-8(20(5,16)17)6-7-9(14)15-10/h6-7H,1-5H3. The summed E-state index contributed by atoms with van der Waals surface area (Å²) in [5.74, 6) is -0.776. The molecule has 1 aliphatic rings. The Labute approximate surface area is 118 Å². The summed E-state index contributed by atoms with van der Waals surface area (Å²) in [5, 5.41) is 0. The average Bonchev–Trinajstić information content (AvgIpc) is 2.46. The van der Waals surface area contributed by atoms with Crippen LogP contribution in [0.1, 0.15) is 27.7 Å². The summed E-state index contributed by atoms with van der Waals surface area (Å²) in [7, 11) is -4.56. The number of hydrogen-bond donors (Lipinski definition) is 0. The van der Waals surface area contributed by atoms with Gasteiger partial charge in [-0.1, -0.05) is 0 Å². The highest BCUT2D eigenvalue weighted by Crippen LogP contribution is 2.36. The van der Waals surface area contributed by atoms with Gasteiger partial charge in [-0.2, -0.15) is 4.39 Å². The molecule has 8 heteroatoms. The van der Waals surface area contributed by atoms with Gasteiger partial charge in [0.05, 0.1) is 21.7 Å². The van der Waals surface area contributed by atoms with Crippen LogP contribution in [0.25, 0.3) is 0 Å². The van der Waals surface area contributed by atoms with Crippen LogP contribution in [0.5, 0.6) is 0 Å². The van der Waals surface area contributed by atoms with Gasteiger partial charge in [0, 0.05) is 6.26 Å². The Morgan fingerprint density at radius 3 is 2.10 bits per heavy atom. The summed E-state index contributed by atoms with van der Waals surface area (Å²) in [4.78, 5) is 3.57. The zero-order valence-corrected chi connectivity index (χ0v) is 12.9. The van der Waals surface area contributed by atoms with Crippen molar-refractivity contribution >= 4 is 22.5 Å². The van der Waals surface area contributed by atoms with Crippen LogP contribution in [0, 0.1) is 5.95 Å². The Morgan fingerprint density at radius 1 is 1.15 bits per heavy atom. The van der Waals surface area contributed by atoms with Crippen molar-refractivity contribution in [3.05, 3.63) is 18.1 Å². The third-order valence-corrected chi connectivity index (χ3v) is 4.87. The lowest BCUT2D eigenvalue weighted by Crippen LogP contribution is -2.41. The van der Waals surface area contributed by atoms with Crippen molar-refractivity contribution in [3.63, 3.8) is 0 Å². The number of aromatic nitrogens is 1. The third kappa shape index (κ3) is 2.59. The molecule has 1 aromatic heterocycles.